The summed E-state index contributed by atoms with van der Waals surface area (Å²) < 4.78 is 0. The van der Waals surface area contributed by atoms with Crippen LogP contribution in [0.25, 0.3) is 0 Å². The Kier molecular flexibility index (Phi) is 3.20. The number of hydrogen-bond donors (Lipinski definition) is 1. The maximum absolute atomic E-state index is 5.80. The summed E-state index contributed by atoms with van der Waals surface area (Å²) in [6, 6.07) is 12.6. The van der Waals surface area contributed by atoms with Crippen molar-refractivity contribution < 1.29 is 0 Å². The maximum Gasteiger partial charge on any atom is 0.126 e. The third-order valence-corrected chi connectivity index (χ3v) is 2.73. The minimum Gasteiger partial charge on any atom is -0.383 e. The number of hydrogen-bond acceptors (Lipinski definition) is 2. The van der Waals surface area contributed by atoms with Gasteiger partial charge in [-0.1, -0.05) is 35.9 Å². The Morgan fingerprint density at radius 1 is 1.06 bits per heavy atom. The molecule has 0 saturated carbocycles. The number of aromatic nitrogens is 1. The molecule has 0 unspecified atom stereocenters. The molecule has 82 valence electrons. The third-order valence-electron chi connectivity index (χ3n) is 2.73. The van der Waals surface area contributed by atoms with Gasteiger partial charge in [-0.15, -0.1) is 0 Å². The summed E-state index contributed by atoms with van der Waals surface area (Å²) in [6.45, 7) is 2.10. The Morgan fingerprint density at radius 2 is 1.81 bits per heavy atom. The fraction of sp³-hybridized carbons (Fsp3) is 0.214. The van der Waals surface area contributed by atoms with Crippen LogP contribution in [-0.2, 0) is 12.8 Å². The summed E-state index contributed by atoms with van der Waals surface area (Å²) in [5, 5.41) is 0. The Morgan fingerprint density at radius 3 is 2.50 bits per heavy atom. The molecule has 0 amide bonds. The summed E-state index contributed by atoms with van der Waals surface area (Å²) in [5.74, 6) is 0.648. The van der Waals surface area contributed by atoms with E-state index in [0.29, 0.717) is 5.82 Å². The lowest BCUT2D eigenvalue weighted by atomic mass is 10.0. The normalized spacial score (nSPS) is 10.3. The molecule has 1 heterocycles. The highest BCUT2D eigenvalue weighted by Crippen LogP contribution is 2.12. The van der Waals surface area contributed by atoms with Crippen molar-refractivity contribution in [2.45, 2.75) is 19.8 Å². The summed E-state index contributed by atoms with van der Waals surface area (Å²) in [6.07, 6.45) is 3.68. The van der Waals surface area contributed by atoms with E-state index in [1.165, 1.54) is 11.1 Å². The van der Waals surface area contributed by atoms with Crippen LogP contribution in [-0.4, -0.2) is 4.98 Å². The first kappa shape index (κ1) is 10.7. The van der Waals surface area contributed by atoms with Crippen LogP contribution in [0.15, 0.2) is 42.6 Å². The van der Waals surface area contributed by atoms with Gasteiger partial charge < -0.3 is 5.73 Å². The van der Waals surface area contributed by atoms with Gasteiger partial charge in [0, 0.05) is 6.20 Å². The van der Waals surface area contributed by atoms with E-state index in [2.05, 4.69) is 36.2 Å². The van der Waals surface area contributed by atoms with Crippen molar-refractivity contribution in [1.82, 2.24) is 4.98 Å². The van der Waals surface area contributed by atoms with E-state index in [-0.39, 0.29) is 0 Å². The fourth-order valence-electron chi connectivity index (χ4n) is 1.70. The van der Waals surface area contributed by atoms with E-state index in [1.54, 1.807) is 6.20 Å². The van der Waals surface area contributed by atoms with Gasteiger partial charge in [0.25, 0.3) is 0 Å². The van der Waals surface area contributed by atoms with Gasteiger partial charge in [0.05, 0.1) is 0 Å². The molecule has 0 fully saturated rings. The van der Waals surface area contributed by atoms with Gasteiger partial charge in [-0.3, -0.25) is 0 Å². The second-order valence-corrected chi connectivity index (χ2v) is 4.03. The minimum atomic E-state index is 0.648. The Labute approximate surface area is 96.1 Å². The molecule has 2 N–H and O–H groups in total. The smallest absolute Gasteiger partial charge is 0.126 e. The lowest BCUT2D eigenvalue weighted by Gasteiger charge is -2.04. The van der Waals surface area contributed by atoms with Crippen molar-refractivity contribution in [2.75, 3.05) is 5.73 Å². The average molecular weight is 212 g/mol. The highest BCUT2D eigenvalue weighted by molar-refractivity contribution is 5.39. The van der Waals surface area contributed by atoms with Crippen LogP contribution in [0, 0.1) is 6.92 Å². The number of nitrogens with zero attached hydrogens (tertiary/aromatic N) is 1. The van der Waals surface area contributed by atoms with Crippen molar-refractivity contribution >= 4 is 5.82 Å². The van der Waals surface area contributed by atoms with Gasteiger partial charge in [-0.2, -0.15) is 0 Å². The summed E-state index contributed by atoms with van der Waals surface area (Å²) in [4.78, 5) is 4.08. The molecule has 2 nitrogen and oxygen atoms in total. The van der Waals surface area contributed by atoms with Crippen LogP contribution in [0.5, 0.6) is 0 Å². The Balaban J connectivity index is 2.02. The van der Waals surface area contributed by atoms with Crippen molar-refractivity contribution in [3.63, 3.8) is 0 Å². The molecule has 2 heteroatoms. The SMILES string of the molecule is Cc1ccc(CCc2cccnc2N)cc1. The predicted octanol–water partition coefficient (Wildman–Crippen LogP) is 2.76. The zero-order valence-corrected chi connectivity index (χ0v) is 9.48. The zero-order chi connectivity index (χ0) is 11.4. The van der Waals surface area contributed by atoms with Gasteiger partial charge >= 0.3 is 0 Å². The van der Waals surface area contributed by atoms with Gasteiger partial charge in [-0.05, 0) is 37.0 Å². The molecule has 0 aliphatic heterocycles. The minimum absolute atomic E-state index is 0.648. The fourth-order valence-corrected chi connectivity index (χ4v) is 1.70. The highest BCUT2D eigenvalue weighted by Gasteiger charge is 1.99. The standard InChI is InChI=1S/C14H16N2/c1-11-4-6-12(7-5-11)8-9-13-3-2-10-16-14(13)15/h2-7,10H,8-9H2,1H3,(H2,15,16). The van der Waals surface area contributed by atoms with Crippen molar-refractivity contribution in [3.05, 3.63) is 59.3 Å². The van der Waals surface area contributed by atoms with E-state index in [9.17, 15) is 0 Å². The lowest BCUT2D eigenvalue weighted by Crippen LogP contribution is -1.99. The molecule has 0 spiro atoms. The van der Waals surface area contributed by atoms with Crippen molar-refractivity contribution in [1.29, 1.82) is 0 Å². The largest absolute Gasteiger partial charge is 0.383 e. The Bertz CT molecular complexity index is 460. The van der Waals surface area contributed by atoms with Gasteiger partial charge in [0.2, 0.25) is 0 Å². The molecule has 0 aliphatic rings. The van der Waals surface area contributed by atoms with Gasteiger partial charge in [-0.25, -0.2) is 4.98 Å². The monoisotopic (exact) mass is 212 g/mol. The first-order valence-electron chi connectivity index (χ1n) is 5.50. The van der Waals surface area contributed by atoms with E-state index in [4.69, 9.17) is 5.73 Å². The van der Waals surface area contributed by atoms with Crippen molar-refractivity contribution in [3.8, 4) is 0 Å². The molecule has 0 atom stereocenters. The predicted molar refractivity (Wildman–Crippen MR) is 67.2 cm³/mol. The topological polar surface area (TPSA) is 38.9 Å². The molecule has 0 radical (unpaired) electrons. The second kappa shape index (κ2) is 4.79. The van der Waals surface area contributed by atoms with Crippen LogP contribution in [0.3, 0.4) is 0 Å². The molecule has 2 rings (SSSR count). The zero-order valence-electron chi connectivity index (χ0n) is 9.48. The van der Waals surface area contributed by atoms with E-state index >= 15 is 0 Å². The van der Waals surface area contributed by atoms with Crippen LogP contribution in [0.2, 0.25) is 0 Å². The van der Waals surface area contributed by atoms with E-state index in [0.717, 1.165) is 18.4 Å². The van der Waals surface area contributed by atoms with Gasteiger partial charge in [0.15, 0.2) is 0 Å². The molecule has 0 bridgehead atoms. The number of benzene rings is 1. The first-order chi connectivity index (χ1) is 7.75. The molecule has 0 aliphatic carbocycles. The summed E-state index contributed by atoms with van der Waals surface area (Å²) in [5.41, 5.74) is 9.56. The molecule has 0 saturated heterocycles. The maximum atomic E-state index is 5.80. The van der Waals surface area contributed by atoms with E-state index in [1.807, 2.05) is 12.1 Å². The molecule has 1 aromatic heterocycles. The molecular formula is C14H16N2. The summed E-state index contributed by atoms with van der Waals surface area (Å²) in [7, 11) is 0. The molecule has 1 aromatic carbocycles. The summed E-state index contributed by atoms with van der Waals surface area (Å²) >= 11 is 0. The van der Waals surface area contributed by atoms with Crippen LogP contribution >= 0.6 is 0 Å². The average Bonchev–Trinajstić information content (AvgIpc) is 2.30. The number of nitrogens with two attached hydrogens (primary N) is 1. The third kappa shape index (κ3) is 2.60. The Hall–Kier alpha value is -1.83. The molecular weight excluding hydrogens is 196 g/mol. The second-order valence-electron chi connectivity index (χ2n) is 4.03. The van der Waals surface area contributed by atoms with E-state index < -0.39 is 0 Å². The van der Waals surface area contributed by atoms with Crippen LogP contribution in [0.4, 0.5) is 5.82 Å². The van der Waals surface area contributed by atoms with Crippen LogP contribution in [0.1, 0.15) is 16.7 Å². The lowest BCUT2D eigenvalue weighted by molar-refractivity contribution is 0.953. The van der Waals surface area contributed by atoms with Crippen LogP contribution < -0.4 is 5.73 Å². The molecule has 2 aromatic rings. The van der Waals surface area contributed by atoms with Crippen molar-refractivity contribution in [2.24, 2.45) is 0 Å². The number of pyridine rings is 1. The quantitative estimate of drug-likeness (QED) is 0.849. The number of nitrogen functional groups attached to an aromatic ring is 1. The van der Waals surface area contributed by atoms with Gasteiger partial charge in [0.1, 0.15) is 5.82 Å². The first-order valence-corrected chi connectivity index (χ1v) is 5.50. The number of rotatable bonds is 3. The number of anilines is 1. The highest BCUT2D eigenvalue weighted by atomic mass is 14.8. The number of aryl methyl sites for hydroxylation is 3. The molecule has 16 heavy (non-hydrogen) atoms.